The molecule has 0 aliphatic carbocycles. The van der Waals surface area contributed by atoms with Gasteiger partial charge >= 0.3 is 5.97 Å². The summed E-state index contributed by atoms with van der Waals surface area (Å²) in [5, 5.41) is 24.4. The van der Waals surface area contributed by atoms with Gasteiger partial charge in [0.05, 0.1) is 5.69 Å². The van der Waals surface area contributed by atoms with Gasteiger partial charge < -0.3 is 5.11 Å². The molecule has 0 radical (unpaired) electrons. The Morgan fingerprint density at radius 3 is 2.92 bits per heavy atom. The first-order valence-corrected chi connectivity index (χ1v) is 3.43. The van der Waals surface area contributed by atoms with Crippen LogP contribution in [0.1, 0.15) is 10.5 Å². The predicted molar refractivity (Wildman–Crippen MR) is 40.9 cm³/mol. The molecule has 2 aromatic rings. The molecule has 0 spiro atoms. The van der Waals surface area contributed by atoms with Gasteiger partial charge in [0, 0.05) is 6.20 Å². The van der Waals surface area contributed by atoms with Gasteiger partial charge in [-0.05, 0) is 6.07 Å². The van der Waals surface area contributed by atoms with Crippen molar-refractivity contribution in [1.82, 2.24) is 25.6 Å². The molecule has 2 aromatic heterocycles. The van der Waals surface area contributed by atoms with Crippen LogP contribution in [0, 0.1) is 0 Å². The molecule has 0 saturated heterocycles. The minimum Gasteiger partial charge on any atom is -0.476 e. The molecule has 2 heterocycles. The van der Waals surface area contributed by atoms with Crippen LogP contribution in [-0.2, 0) is 0 Å². The Bertz CT molecular complexity index is 418. The zero-order valence-electron chi connectivity index (χ0n) is 6.35. The summed E-state index contributed by atoms with van der Waals surface area (Å²) >= 11 is 0. The van der Waals surface area contributed by atoms with E-state index in [0.717, 1.165) is 0 Å². The molecule has 0 aliphatic rings. The number of carboxylic acids is 1. The first-order chi connectivity index (χ1) is 6.29. The Kier molecular flexibility index (Phi) is 1.55. The molecule has 66 valence electrons. The molecule has 0 saturated carbocycles. The Morgan fingerprint density at radius 1 is 1.46 bits per heavy atom. The van der Waals surface area contributed by atoms with E-state index in [9.17, 15) is 4.79 Å². The second-order valence-corrected chi connectivity index (χ2v) is 2.30. The van der Waals surface area contributed by atoms with Crippen molar-refractivity contribution in [3.05, 3.63) is 18.0 Å². The number of carboxylic acid groups (broad SMARTS) is 1. The van der Waals surface area contributed by atoms with Crippen molar-refractivity contribution >= 4 is 5.97 Å². The van der Waals surface area contributed by atoms with Gasteiger partial charge in [0.25, 0.3) is 0 Å². The fourth-order valence-corrected chi connectivity index (χ4v) is 0.956. The number of hydrogen-bond donors (Lipinski definition) is 3. The van der Waals surface area contributed by atoms with Gasteiger partial charge in [-0.1, -0.05) is 0 Å². The van der Waals surface area contributed by atoms with E-state index >= 15 is 0 Å². The van der Waals surface area contributed by atoms with Crippen molar-refractivity contribution in [1.29, 1.82) is 0 Å². The average molecular weight is 179 g/mol. The van der Waals surface area contributed by atoms with E-state index in [2.05, 4.69) is 25.6 Å². The number of rotatable bonds is 2. The maximum absolute atomic E-state index is 10.6. The second kappa shape index (κ2) is 2.70. The molecule has 3 N–H and O–H groups in total. The summed E-state index contributed by atoms with van der Waals surface area (Å²) in [5.41, 5.74) is 0.653. The zero-order chi connectivity index (χ0) is 9.26. The highest BCUT2D eigenvalue weighted by Gasteiger charge is 2.17. The summed E-state index contributed by atoms with van der Waals surface area (Å²) in [7, 11) is 0. The third-order valence-electron chi connectivity index (χ3n) is 1.51. The molecule has 0 fully saturated rings. The van der Waals surface area contributed by atoms with Gasteiger partial charge in [0.15, 0.2) is 5.69 Å². The lowest BCUT2D eigenvalue weighted by Crippen LogP contribution is -1.99. The molecule has 7 heteroatoms. The number of H-pyrrole nitrogens is 2. The number of aromatic nitrogens is 5. The van der Waals surface area contributed by atoms with Crippen LogP contribution in [0.3, 0.4) is 0 Å². The summed E-state index contributed by atoms with van der Waals surface area (Å²) in [4.78, 5) is 10.6. The standard InChI is InChI=1S/C6H5N5O2/c12-6(13)5-4(9-11-10-5)3-1-2-7-8-3/h1-2H,(H,7,8)(H,12,13)(H,9,10,11). The summed E-state index contributed by atoms with van der Waals surface area (Å²) in [5.74, 6) is -1.13. The Labute approximate surface area is 71.8 Å². The van der Waals surface area contributed by atoms with Crippen LogP contribution in [0.5, 0.6) is 0 Å². The Hall–Kier alpha value is -2.18. The number of aromatic carboxylic acids is 1. The zero-order valence-corrected chi connectivity index (χ0v) is 6.35. The van der Waals surface area contributed by atoms with Crippen LogP contribution in [0.4, 0.5) is 0 Å². The van der Waals surface area contributed by atoms with E-state index in [0.29, 0.717) is 5.69 Å². The molecule has 0 unspecified atom stereocenters. The largest absolute Gasteiger partial charge is 0.476 e. The second-order valence-electron chi connectivity index (χ2n) is 2.30. The van der Waals surface area contributed by atoms with E-state index in [1.807, 2.05) is 0 Å². The van der Waals surface area contributed by atoms with Gasteiger partial charge in [-0.2, -0.15) is 15.4 Å². The van der Waals surface area contributed by atoms with E-state index in [4.69, 9.17) is 5.11 Å². The van der Waals surface area contributed by atoms with Gasteiger partial charge in [0.2, 0.25) is 0 Å². The summed E-state index contributed by atoms with van der Waals surface area (Å²) in [6.45, 7) is 0. The highest BCUT2D eigenvalue weighted by atomic mass is 16.4. The van der Waals surface area contributed by atoms with E-state index < -0.39 is 5.97 Å². The van der Waals surface area contributed by atoms with Crippen LogP contribution in [-0.4, -0.2) is 36.7 Å². The molecule has 7 nitrogen and oxygen atoms in total. The molecule has 2 rings (SSSR count). The fourth-order valence-electron chi connectivity index (χ4n) is 0.956. The summed E-state index contributed by atoms with van der Waals surface area (Å²) in [6, 6.07) is 1.62. The third kappa shape index (κ3) is 1.15. The Balaban J connectivity index is 2.52. The molecular weight excluding hydrogens is 174 g/mol. The van der Waals surface area contributed by atoms with Crippen molar-refractivity contribution in [2.45, 2.75) is 0 Å². The van der Waals surface area contributed by atoms with Gasteiger partial charge in [-0.15, -0.1) is 5.10 Å². The van der Waals surface area contributed by atoms with E-state index in [-0.39, 0.29) is 11.4 Å². The van der Waals surface area contributed by atoms with Crippen molar-refractivity contribution in [2.24, 2.45) is 0 Å². The lowest BCUT2D eigenvalue weighted by molar-refractivity contribution is 0.0691. The van der Waals surface area contributed by atoms with E-state index in [1.165, 1.54) is 6.20 Å². The maximum Gasteiger partial charge on any atom is 0.358 e. The number of hydrogen-bond acceptors (Lipinski definition) is 4. The number of nitrogens with zero attached hydrogens (tertiary/aromatic N) is 3. The highest BCUT2D eigenvalue weighted by molar-refractivity contribution is 5.91. The van der Waals surface area contributed by atoms with Crippen LogP contribution in [0.2, 0.25) is 0 Å². The lowest BCUT2D eigenvalue weighted by atomic mass is 10.2. The monoisotopic (exact) mass is 179 g/mol. The number of nitrogens with one attached hydrogen (secondary N) is 2. The quantitative estimate of drug-likeness (QED) is 0.596. The van der Waals surface area contributed by atoms with Crippen molar-refractivity contribution < 1.29 is 9.90 Å². The van der Waals surface area contributed by atoms with Crippen LogP contribution >= 0.6 is 0 Å². The first-order valence-electron chi connectivity index (χ1n) is 3.43. The molecule has 13 heavy (non-hydrogen) atoms. The molecule has 0 aliphatic heterocycles. The van der Waals surface area contributed by atoms with Crippen molar-refractivity contribution in [3.8, 4) is 11.4 Å². The molecule has 0 atom stereocenters. The average Bonchev–Trinajstić information content (AvgIpc) is 2.74. The van der Waals surface area contributed by atoms with Crippen LogP contribution in [0.15, 0.2) is 12.3 Å². The van der Waals surface area contributed by atoms with Gasteiger partial charge in [-0.25, -0.2) is 4.79 Å². The minimum absolute atomic E-state index is 0.121. The van der Waals surface area contributed by atoms with Crippen molar-refractivity contribution in [2.75, 3.05) is 0 Å². The first kappa shape index (κ1) is 7.47. The third-order valence-corrected chi connectivity index (χ3v) is 1.51. The fraction of sp³-hybridized carbons (Fsp3) is 0. The minimum atomic E-state index is -1.13. The smallest absolute Gasteiger partial charge is 0.358 e. The Morgan fingerprint density at radius 2 is 2.31 bits per heavy atom. The predicted octanol–water partition coefficient (Wildman–Crippen LogP) is -0.107. The summed E-state index contributed by atoms with van der Waals surface area (Å²) < 4.78 is 0. The molecule has 0 aromatic carbocycles. The van der Waals surface area contributed by atoms with Gasteiger partial charge in [0.1, 0.15) is 5.69 Å². The topological polar surface area (TPSA) is 108 Å². The molecular formula is C6H5N5O2. The molecule has 0 bridgehead atoms. The number of carbonyl (C=O) groups is 1. The number of aromatic amines is 2. The highest BCUT2D eigenvalue weighted by Crippen LogP contribution is 2.15. The van der Waals surface area contributed by atoms with Crippen LogP contribution in [0.25, 0.3) is 11.4 Å². The lowest BCUT2D eigenvalue weighted by Gasteiger charge is -1.90. The molecule has 0 amide bonds. The summed E-state index contributed by atoms with van der Waals surface area (Å²) in [6.07, 6.45) is 1.51. The van der Waals surface area contributed by atoms with Crippen molar-refractivity contribution in [3.63, 3.8) is 0 Å². The maximum atomic E-state index is 10.6. The van der Waals surface area contributed by atoms with Gasteiger partial charge in [-0.3, -0.25) is 5.10 Å². The van der Waals surface area contributed by atoms with Crippen LogP contribution < -0.4 is 0 Å². The SMILES string of the molecule is O=C(O)c1n[nH]nc1-c1ccn[nH]1. The normalized spacial score (nSPS) is 10.2. The van der Waals surface area contributed by atoms with E-state index in [1.54, 1.807) is 6.07 Å².